The summed E-state index contributed by atoms with van der Waals surface area (Å²) in [7, 11) is -3.18. The molecule has 2 aromatic rings. The smallest absolute Gasteiger partial charge is 0.178 e. The number of rotatable bonds is 7. The van der Waals surface area contributed by atoms with E-state index < -0.39 is 9.84 Å². The Morgan fingerprint density at radius 1 is 1.12 bits per heavy atom. The largest absolute Gasteiger partial charge is 0.487 e. The third-order valence-electron chi connectivity index (χ3n) is 4.33. The van der Waals surface area contributed by atoms with Gasteiger partial charge < -0.3 is 10.1 Å². The number of benzene rings is 2. The lowest BCUT2D eigenvalue weighted by Crippen LogP contribution is -2.24. The highest BCUT2D eigenvalue weighted by Gasteiger charge is 2.29. The molecule has 1 aliphatic heterocycles. The van der Waals surface area contributed by atoms with Crippen molar-refractivity contribution < 1.29 is 13.2 Å². The van der Waals surface area contributed by atoms with Gasteiger partial charge in [0.15, 0.2) is 9.84 Å². The van der Waals surface area contributed by atoms with Crippen LogP contribution in [0.25, 0.3) is 0 Å². The number of nitrogens with one attached hydrogen (secondary N) is 1. The molecule has 0 aliphatic carbocycles. The normalized spacial score (nSPS) is 15.6. The van der Waals surface area contributed by atoms with E-state index in [9.17, 15) is 8.42 Å². The summed E-state index contributed by atoms with van der Waals surface area (Å²) in [5, 5.41) is 3.33. The van der Waals surface area contributed by atoms with Gasteiger partial charge in [0.2, 0.25) is 0 Å². The second-order valence-electron chi connectivity index (χ2n) is 7.14. The molecule has 0 aromatic heterocycles. The predicted molar refractivity (Wildman–Crippen MR) is 99.7 cm³/mol. The molecule has 0 saturated carbocycles. The van der Waals surface area contributed by atoms with Crippen molar-refractivity contribution in [2.75, 3.05) is 12.3 Å². The first-order valence-electron chi connectivity index (χ1n) is 8.65. The van der Waals surface area contributed by atoms with E-state index in [4.69, 9.17) is 4.74 Å². The molecule has 0 bridgehead atoms. The summed E-state index contributed by atoms with van der Waals surface area (Å²) in [6.45, 7) is 5.60. The van der Waals surface area contributed by atoms with Gasteiger partial charge in [-0.2, -0.15) is 0 Å². The van der Waals surface area contributed by atoms with E-state index in [2.05, 4.69) is 31.3 Å². The Hall–Kier alpha value is -1.85. The fourth-order valence-corrected chi connectivity index (χ4v) is 4.47. The van der Waals surface area contributed by atoms with Crippen molar-refractivity contribution in [3.8, 4) is 5.75 Å². The van der Waals surface area contributed by atoms with Crippen LogP contribution in [0.2, 0.25) is 0 Å². The number of hydrogen-bond donors (Lipinski definition) is 1. The Kier molecular flexibility index (Phi) is 5.16. The highest BCUT2D eigenvalue weighted by Crippen LogP contribution is 2.35. The van der Waals surface area contributed by atoms with Gasteiger partial charge in [-0.15, -0.1) is 0 Å². The third kappa shape index (κ3) is 4.61. The number of ether oxygens (including phenoxy) is 1. The monoisotopic (exact) mass is 359 g/mol. The first kappa shape index (κ1) is 18.0. The molecule has 1 N–H and O–H groups in total. The lowest BCUT2D eigenvalue weighted by Gasteiger charge is -2.16. The summed E-state index contributed by atoms with van der Waals surface area (Å²) in [5.41, 5.74) is 2.32. The lowest BCUT2D eigenvalue weighted by molar-refractivity contribution is 0.138. The summed E-state index contributed by atoms with van der Waals surface area (Å²) in [5.74, 6) is 1.14. The lowest BCUT2D eigenvalue weighted by atomic mass is 10.0. The van der Waals surface area contributed by atoms with Crippen LogP contribution in [-0.4, -0.2) is 26.3 Å². The van der Waals surface area contributed by atoms with Gasteiger partial charge in [-0.3, -0.25) is 0 Å². The summed E-state index contributed by atoms with van der Waals surface area (Å²) in [4.78, 5) is 0.399. The van der Waals surface area contributed by atoms with Gasteiger partial charge in [0, 0.05) is 13.0 Å². The van der Waals surface area contributed by atoms with Crippen molar-refractivity contribution in [1.82, 2.24) is 5.32 Å². The zero-order valence-electron chi connectivity index (χ0n) is 14.8. The second kappa shape index (κ2) is 7.18. The molecule has 5 heteroatoms. The van der Waals surface area contributed by atoms with E-state index in [-0.39, 0.29) is 11.4 Å². The predicted octanol–water partition coefficient (Wildman–Crippen LogP) is 3.35. The Bertz CT molecular complexity index is 829. The molecular weight excluding hydrogens is 334 g/mol. The van der Waals surface area contributed by atoms with Crippen LogP contribution in [0.15, 0.2) is 53.4 Å². The van der Waals surface area contributed by atoms with Gasteiger partial charge >= 0.3 is 0 Å². The summed E-state index contributed by atoms with van der Waals surface area (Å²) >= 11 is 0. The SMILES string of the molecule is CC1(C)Cc2cc(CNCCCS(=O)(=O)c3ccccc3)ccc2O1. The summed E-state index contributed by atoms with van der Waals surface area (Å²) in [6.07, 6.45) is 1.52. The molecule has 0 radical (unpaired) electrons. The molecule has 0 unspecified atom stereocenters. The van der Waals surface area contributed by atoms with Gasteiger partial charge in [0.25, 0.3) is 0 Å². The maximum absolute atomic E-state index is 12.2. The van der Waals surface area contributed by atoms with Gasteiger partial charge in [0.05, 0.1) is 10.6 Å². The molecule has 1 heterocycles. The van der Waals surface area contributed by atoms with Gasteiger partial charge in [-0.05, 0) is 56.1 Å². The van der Waals surface area contributed by atoms with Crippen LogP contribution >= 0.6 is 0 Å². The Balaban J connectivity index is 1.45. The average molecular weight is 359 g/mol. The summed E-state index contributed by atoms with van der Waals surface area (Å²) in [6, 6.07) is 14.9. The van der Waals surface area contributed by atoms with E-state index in [1.807, 2.05) is 12.1 Å². The van der Waals surface area contributed by atoms with Crippen molar-refractivity contribution in [1.29, 1.82) is 0 Å². The van der Waals surface area contributed by atoms with Crippen LogP contribution in [0.3, 0.4) is 0 Å². The van der Waals surface area contributed by atoms with Gasteiger partial charge in [-0.25, -0.2) is 8.42 Å². The minimum atomic E-state index is -3.18. The molecule has 0 fully saturated rings. The minimum absolute atomic E-state index is 0.125. The molecule has 0 amide bonds. The zero-order valence-corrected chi connectivity index (χ0v) is 15.6. The fraction of sp³-hybridized carbons (Fsp3) is 0.400. The highest BCUT2D eigenvalue weighted by molar-refractivity contribution is 7.91. The van der Waals surface area contributed by atoms with E-state index in [1.54, 1.807) is 24.3 Å². The van der Waals surface area contributed by atoms with Crippen LogP contribution in [0.1, 0.15) is 31.4 Å². The second-order valence-corrected chi connectivity index (χ2v) is 9.25. The van der Waals surface area contributed by atoms with Crippen molar-refractivity contribution in [2.24, 2.45) is 0 Å². The van der Waals surface area contributed by atoms with E-state index in [0.717, 1.165) is 18.7 Å². The molecule has 1 aliphatic rings. The maximum Gasteiger partial charge on any atom is 0.178 e. The molecule has 0 atom stereocenters. The van der Waals surface area contributed by atoms with Crippen LogP contribution in [-0.2, 0) is 22.8 Å². The number of hydrogen-bond acceptors (Lipinski definition) is 4. The minimum Gasteiger partial charge on any atom is -0.487 e. The Labute approximate surface area is 150 Å². The molecule has 0 spiro atoms. The molecule has 134 valence electrons. The number of fused-ring (bicyclic) bond motifs is 1. The molecule has 3 rings (SSSR count). The van der Waals surface area contributed by atoms with Crippen molar-refractivity contribution in [2.45, 2.75) is 43.7 Å². The quantitative estimate of drug-likeness (QED) is 0.770. The van der Waals surface area contributed by atoms with Gasteiger partial charge in [-0.1, -0.05) is 30.3 Å². The highest BCUT2D eigenvalue weighted by atomic mass is 32.2. The molecule has 4 nitrogen and oxygen atoms in total. The van der Waals surface area contributed by atoms with E-state index in [1.165, 1.54) is 11.1 Å². The number of sulfone groups is 1. The standard InChI is InChI=1S/C20H25NO3S/c1-20(2)14-17-13-16(9-10-19(17)24-20)15-21-11-6-12-25(22,23)18-7-4-3-5-8-18/h3-5,7-10,13,21H,6,11-12,14-15H2,1-2H3. The van der Waals surface area contributed by atoms with Crippen LogP contribution in [0.4, 0.5) is 0 Å². The Morgan fingerprint density at radius 2 is 1.88 bits per heavy atom. The third-order valence-corrected chi connectivity index (χ3v) is 6.14. The summed E-state index contributed by atoms with van der Waals surface area (Å²) < 4.78 is 30.3. The van der Waals surface area contributed by atoms with Crippen molar-refractivity contribution in [3.05, 3.63) is 59.7 Å². The van der Waals surface area contributed by atoms with Crippen LogP contribution < -0.4 is 10.1 Å². The van der Waals surface area contributed by atoms with E-state index in [0.29, 0.717) is 17.9 Å². The topological polar surface area (TPSA) is 55.4 Å². The van der Waals surface area contributed by atoms with Crippen LogP contribution in [0, 0.1) is 0 Å². The first-order valence-corrected chi connectivity index (χ1v) is 10.3. The average Bonchev–Trinajstić information content (AvgIpc) is 2.88. The first-order chi connectivity index (χ1) is 11.9. The van der Waals surface area contributed by atoms with E-state index >= 15 is 0 Å². The van der Waals surface area contributed by atoms with Crippen LogP contribution in [0.5, 0.6) is 5.75 Å². The fourth-order valence-electron chi connectivity index (χ4n) is 3.14. The van der Waals surface area contributed by atoms with Crippen molar-refractivity contribution >= 4 is 9.84 Å². The molecule has 25 heavy (non-hydrogen) atoms. The zero-order chi connectivity index (χ0) is 17.9. The Morgan fingerprint density at radius 3 is 2.64 bits per heavy atom. The molecule has 0 saturated heterocycles. The van der Waals surface area contributed by atoms with Gasteiger partial charge in [0.1, 0.15) is 11.4 Å². The maximum atomic E-state index is 12.2. The molecule has 2 aromatic carbocycles. The van der Waals surface area contributed by atoms with Crippen molar-refractivity contribution in [3.63, 3.8) is 0 Å². The molecular formula is C20H25NO3S.